The first-order valence-electron chi connectivity index (χ1n) is 8.66. The molecule has 0 radical (unpaired) electrons. The van der Waals surface area contributed by atoms with Gasteiger partial charge in [-0.3, -0.25) is 9.69 Å². The summed E-state index contributed by atoms with van der Waals surface area (Å²) in [6, 6.07) is 0.592. The molecule has 2 fully saturated rings. The van der Waals surface area contributed by atoms with Crippen LogP contribution >= 0.6 is 0 Å². The van der Waals surface area contributed by atoms with E-state index in [4.69, 9.17) is 0 Å². The van der Waals surface area contributed by atoms with Crippen LogP contribution in [0.5, 0.6) is 0 Å². The normalized spacial score (nSPS) is 22.9. The van der Waals surface area contributed by atoms with E-state index in [1.54, 1.807) is 0 Å². The van der Waals surface area contributed by atoms with E-state index in [1.165, 1.54) is 25.7 Å². The Hall–Kier alpha value is -0.610. The van der Waals surface area contributed by atoms with Crippen molar-refractivity contribution in [1.82, 2.24) is 10.2 Å². The fourth-order valence-corrected chi connectivity index (χ4v) is 3.74. The molecule has 0 amide bonds. The molecule has 4 nitrogen and oxygen atoms in total. The lowest BCUT2D eigenvalue weighted by atomic mass is 9.91. The van der Waals surface area contributed by atoms with E-state index in [0.29, 0.717) is 24.4 Å². The van der Waals surface area contributed by atoms with Crippen molar-refractivity contribution in [2.45, 2.75) is 70.4 Å². The smallest absolute Gasteiger partial charge is 0.325 e. The van der Waals surface area contributed by atoms with Crippen LogP contribution in [0.4, 0.5) is 0 Å². The highest BCUT2D eigenvalue weighted by molar-refractivity contribution is 5.80. The number of hydrogen-bond donors (Lipinski definition) is 2. The van der Waals surface area contributed by atoms with Crippen molar-refractivity contribution in [1.29, 1.82) is 0 Å². The van der Waals surface area contributed by atoms with Crippen LogP contribution in [0.25, 0.3) is 0 Å². The van der Waals surface area contributed by atoms with Gasteiger partial charge in [0, 0.05) is 12.6 Å². The maximum atomic E-state index is 11.9. The molecule has 0 saturated heterocycles. The van der Waals surface area contributed by atoms with Crippen LogP contribution in [0.3, 0.4) is 0 Å². The summed E-state index contributed by atoms with van der Waals surface area (Å²) in [5, 5.41) is 13.0. The topological polar surface area (TPSA) is 52.6 Å². The largest absolute Gasteiger partial charge is 0.480 e. The maximum Gasteiger partial charge on any atom is 0.325 e. The van der Waals surface area contributed by atoms with Crippen molar-refractivity contribution >= 4 is 5.97 Å². The zero-order valence-corrected chi connectivity index (χ0v) is 13.9. The van der Waals surface area contributed by atoms with E-state index in [2.05, 4.69) is 24.1 Å². The predicted octanol–water partition coefficient (Wildman–Crippen LogP) is 2.73. The van der Waals surface area contributed by atoms with Crippen LogP contribution in [0.2, 0.25) is 0 Å². The van der Waals surface area contributed by atoms with Gasteiger partial charge < -0.3 is 10.4 Å². The minimum atomic E-state index is -0.737. The van der Waals surface area contributed by atoms with Crippen molar-refractivity contribution in [3.8, 4) is 0 Å². The number of carboxylic acids is 1. The fraction of sp³-hybridized carbons (Fsp3) is 0.941. The summed E-state index contributed by atoms with van der Waals surface area (Å²) in [5.74, 6) is 0.312. The molecule has 122 valence electrons. The summed E-state index contributed by atoms with van der Waals surface area (Å²) in [6.45, 7) is 6.19. The summed E-state index contributed by atoms with van der Waals surface area (Å²) in [6.07, 6.45) is 8.33. The third kappa shape index (κ3) is 3.98. The maximum absolute atomic E-state index is 11.9. The molecule has 2 aliphatic rings. The first kappa shape index (κ1) is 16.8. The van der Waals surface area contributed by atoms with Crippen molar-refractivity contribution < 1.29 is 9.90 Å². The van der Waals surface area contributed by atoms with Gasteiger partial charge in [0.15, 0.2) is 0 Å². The average molecular weight is 296 g/mol. The van der Waals surface area contributed by atoms with Gasteiger partial charge in [-0.2, -0.15) is 0 Å². The van der Waals surface area contributed by atoms with Crippen molar-refractivity contribution in [3.05, 3.63) is 0 Å². The van der Waals surface area contributed by atoms with Gasteiger partial charge in [0.25, 0.3) is 0 Å². The molecule has 0 aromatic rings. The Morgan fingerprint density at radius 3 is 2.33 bits per heavy atom. The summed E-state index contributed by atoms with van der Waals surface area (Å²) < 4.78 is 0. The first-order chi connectivity index (χ1) is 9.99. The third-order valence-corrected chi connectivity index (χ3v) is 5.39. The molecule has 0 aromatic heterocycles. The summed E-state index contributed by atoms with van der Waals surface area (Å²) in [4.78, 5) is 14.4. The van der Waals surface area contributed by atoms with E-state index in [-0.39, 0.29) is 0 Å². The molecule has 2 N–H and O–H groups in total. The second kappa shape index (κ2) is 7.10. The minimum Gasteiger partial charge on any atom is -0.480 e. The summed E-state index contributed by atoms with van der Waals surface area (Å²) in [5.41, 5.74) is -0.737. The molecule has 1 unspecified atom stereocenters. The predicted molar refractivity (Wildman–Crippen MR) is 85.4 cm³/mol. The zero-order valence-electron chi connectivity index (χ0n) is 13.9. The molecule has 21 heavy (non-hydrogen) atoms. The Labute approximate surface area is 129 Å². The molecule has 0 spiro atoms. The van der Waals surface area contributed by atoms with Crippen LogP contribution in [-0.4, -0.2) is 47.7 Å². The minimum absolute atomic E-state index is 0.308. The van der Waals surface area contributed by atoms with Gasteiger partial charge in [0.1, 0.15) is 5.54 Å². The second-order valence-corrected chi connectivity index (χ2v) is 7.39. The second-order valence-electron chi connectivity index (χ2n) is 7.39. The number of rotatable bonds is 9. The molecule has 0 aliphatic heterocycles. The molecule has 0 heterocycles. The van der Waals surface area contributed by atoms with Crippen molar-refractivity contribution in [2.24, 2.45) is 11.8 Å². The Bertz CT molecular complexity index is 349. The number of carbonyl (C=O) groups is 1. The van der Waals surface area contributed by atoms with Gasteiger partial charge in [0.05, 0.1) is 0 Å². The van der Waals surface area contributed by atoms with Crippen LogP contribution in [0, 0.1) is 11.8 Å². The van der Waals surface area contributed by atoms with Crippen LogP contribution in [-0.2, 0) is 4.79 Å². The standard InChI is InChI=1S/C17H32N2O2/c1-13(2)10-11-19(15-6-4-5-7-15)12-17(18-3,16(20)21)14-8-9-14/h13-15,18H,4-12H2,1-3H3,(H,20,21). The highest BCUT2D eigenvalue weighted by atomic mass is 16.4. The van der Waals surface area contributed by atoms with Crippen molar-refractivity contribution in [2.75, 3.05) is 20.1 Å². The first-order valence-corrected chi connectivity index (χ1v) is 8.66. The SMILES string of the molecule is CNC(CN(CCC(C)C)C1CCCC1)(C(=O)O)C1CC1. The Morgan fingerprint density at radius 1 is 1.29 bits per heavy atom. The van der Waals surface area contributed by atoms with E-state index < -0.39 is 11.5 Å². The monoisotopic (exact) mass is 296 g/mol. The van der Waals surface area contributed by atoms with Gasteiger partial charge in [-0.1, -0.05) is 26.7 Å². The Morgan fingerprint density at radius 2 is 1.90 bits per heavy atom. The summed E-state index contributed by atoms with van der Waals surface area (Å²) in [7, 11) is 1.82. The number of hydrogen-bond acceptors (Lipinski definition) is 3. The molecule has 0 aromatic carbocycles. The van der Waals surface area contributed by atoms with Crippen molar-refractivity contribution in [3.63, 3.8) is 0 Å². The molecule has 1 atom stereocenters. The lowest BCUT2D eigenvalue weighted by molar-refractivity contribution is -0.147. The van der Waals surface area contributed by atoms with Gasteiger partial charge >= 0.3 is 5.97 Å². The van der Waals surface area contributed by atoms with Crippen LogP contribution in [0.15, 0.2) is 0 Å². The Balaban J connectivity index is 2.08. The molecule has 2 rings (SSSR count). The average Bonchev–Trinajstić information content (AvgIpc) is 3.14. The van der Waals surface area contributed by atoms with Gasteiger partial charge in [-0.25, -0.2) is 0 Å². The Kier molecular flexibility index (Phi) is 5.67. The number of carboxylic acid groups (broad SMARTS) is 1. The summed E-state index contributed by atoms with van der Waals surface area (Å²) >= 11 is 0. The number of nitrogens with one attached hydrogen (secondary N) is 1. The van der Waals surface area contributed by atoms with Gasteiger partial charge in [0.2, 0.25) is 0 Å². The molecule has 4 heteroatoms. The number of likely N-dealkylation sites (N-methyl/N-ethyl adjacent to an activating group) is 1. The lowest BCUT2D eigenvalue weighted by Crippen LogP contribution is -2.60. The highest BCUT2D eigenvalue weighted by Crippen LogP contribution is 2.41. The van der Waals surface area contributed by atoms with Gasteiger partial charge in [-0.15, -0.1) is 0 Å². The molecular formula is C17H32N2O2. The lowest BCUT2D eigenvalue weighted by Gasteiger charge is -2.38. The number of nitrogens with zero attached hydrogens (tertiary/aromatic N) is 1. The number of aliphatic carboxylic acids is 1. The van der Waals surface area contributed by atoms with E-state index >= 15 is 0 Å². The highest BCUT2D eigenvalue weighted by Gasteiger charge is 2.51. The fourth-order valence-electron chi connectivity index (χ4n) is 3.74. The van der Waals surface area contributed by atoms with E-state index in [9.17, 15) is 9.90 Å². The van der Waals surface area contributed by atoms with Crippen LogP contribution in [0.1, 0.15) is 58.8 Å². The van der Waals surface area contributed by atoms with E-state index in [0.717, 1.165) is 25.8 Å². The quantitative estimate of drug-likeness (QED) is 0.687. The molecule has 2 aliphatic carbocycles. The third-order valence-electron chi connectivity index (χ3n) is 5.39. The molecule has 2 saturated carbocycles. The molecular weight excluding hydrogens is 264 g/mol. The van der Waals surface area contributed by atoms with Crippen LogP contribution < -0.4 is 5.32 Å². The van der Waals surface area contributed by atoms with E-state index in [1.807, 2.05) is 7.05 Å². The van der Waals surface area contributed by atoms with Gasteiger partial charge in [-0.05, 0) is 57.5 Å². The molecule has 0 bridgehead atoms. The zero-order chi connectivity index (χ0) is 15.5.